The number of hydrogen-bond acceptors (Lipinski definition) is 6. The molecule has 5 N–H and O–H groups in total. The topological polar surface area (TPSA) is 133 Å². The van der Waals surface area contributed by atoms with Crippen LogP contribution in [0.1, 0.15) is 6.92 Å². The molecule has 0 saturated carbocycles. The van der Waals surface area contributed by atoms with Gasteiger partial charge in [-0.05, 0) is 18.2 Å². The number of aromatic nitrogens is 2. The Morgan fingerprint density at radius 1 is 1.32 bits per heavy atom. The lowest BCUT2D eigenvalue weighted by Crippen LogP contribution is -2.37. The van der Waals surface area contributed by atoms with E-state index in [1.54, 1.807) is 10.7 Å². The molecule has 0 unspecified atom stereocenters. The third kappa shape index (κ3) is 2.85. The average Bonchev–Trinajstić information content (AvgIpc) is 3.01. The molecule has 0 saturated heterocycles. The number of rotatable bonds is 5. The molecule has 0 spiro atoms. The number of aromatic amines is 1. The van der Waals surface area contributed by atoms with Crippen molar-refractivity contribution >= 4 is 44.6 Å². The number of nitrogens with two attached hydrogens (primary N) is 1. The number of carbonyl (C=O) groups is 1. The fourth-order valence-electron chi connectivity index (χ4n) is 3.52. The number of aliphatic hydroxyl groups excluding tert-OH is 2. The maximum Gasteiger partial charge on any atom is 0.243 e. The van der Waals surface area contributed by atoms with Crippen molar-refractivity contribution in [2.24, 2.45) is 10.8 Å². The summed E-state index contributed by atoms with van der Waals surface area (Å²) in [5.41, 5.74) is 3.06. The molecule has 0 aliphatic carbocycles. The van der Waals surface area contributed by atoms with Gasteiger partial charge in [-0.1, -0.05) is 12.1 Å². The Labute approximate surface area is 159 Å². The molecule has 1 amide bonds. The van der Waals surface area contributed by atoms with Crippen molar-refractivity contribution in [1.29, 1.82) is 0 Å². The average molecular weight is 383 g/mol. The van der Waals surface area contributed by atoms with Crippen molar-refractivity contribution in [1.82, 2.24) is 9.78 Å². The number of fused-ring (bicyclic) bond motifs is 2. The number of carbonyl (C=O) groups excluding carboxylic acids is 1. The lowest BCUT2D eigenvalue weighted by Gasteiger charge is -2.19. The number of benzene rings is 2. The maximum absolute atomic E-state index is 11.7. The number of hydrazine groups is 1. The Balaban J connectivity index is 2.24. The number of amides is 1. The first-order valence-electron chi connectivity index (χ1n) is 8.91. The lowest BCUT2D eigenvalue weighted by molar-refractivity contribution is -0.116. The summed E-state index contributed by atoms with van der Waals surface area (Å²) < 4.78 is 7.98. The summed E-state index contributed by atoms with van der Waals surface area (Å²) in [5, 5.41) is 25.4. The van der Waals surface area contributed by atoms with Gasteiger partial charge in [-0.25, -0.2) is 10.8 Å². The number of nitrogens with one attached hydrogen (secondary N) is 1. The first-order valence-corrected chi connectivity index (χ1v) is 8.91. The molecule has 28 heavy (non-hydrogen) atoms. The van der Waals surface area contributed by atoms with Gasteiger partial charge in [0.25, 0.3) is 0 Å². The van der Waals surface area contributed by atoms with Gasteiger partial charge in [-0.3, -0.25) is 14.6 Å². The van der Waals surface area contributed by atoms with Crippen LogP contribution in [-0.2, 0) is 11.3 Å². The molecule has 0 aliphatic rings. The van der Waals surface area contributed by atoms with Gasteiger partial charge in [0.1, 0.15) is 11.3 Å². The van der Waals surface area contributed by atoms with Gasteiger partial charge in [-0.15, -0.1) is 0 Å². The van der Waals surface area contributed by atoms with Crippen molar-refractivity contribution in [3.8, 4) is 0 Å². The Morgan fingerprint density at radius 2 is 2.11 bits per heavy atom. The molecule has 0 radical (unpaired) electrons. The van der Waals surface area contributed by atoms with Crippen LogP contribution >= 0.6 is 0 Å². The molecule has 2 aromatic carbocycles. The van der Waals surface area contributed by atoms with Crippen LogP contribution in [0.3, 0.4) is 0 Å². The molecule has 0 fully saturated rings. The standard InChI is InChI=1S/C19H21N5O4/c1-11(27)21-13-10-14-16-17(22-24(14)7-9-26)12-4-2-3-5-15(12)28-19(16)18(13)23(20)6-8-25/h2-5,10,22,25-26H,6-9,20H2,1H3. The Morgan fingerprint density at radius 3 is 2.82 bits per heavy atom. The largest absolute Gasteiger partial charge is 0.454 e. The number of aliphatic hydroxyl groups is 2. The zero-order valence-corrected chi connectivity index (χ0v) is 15.3. The van der Waals surface area contributed by atoms with E-state index in [0.29, 0.717) is 28.8 Å². The number of para-hydroxylation sites is 1. The highest BCUT2D eigenvalue weighted by atomic mass is 16.3. The van der Waals surface area contributed by atoms with Gasteiger partial charge in [0, 0.05) is 12.3 Å². The third-order valence-electron chi connectivity index (χ3n) is 4.60. The van der Waals surface area contributed by atoms with Gasteiger partial charge in [0.2, 0.25) is 5.91 Å². The van der Waals surface area contributed by atoms with Crippen molar-refractivity contribution in [3.63, 3.8) is 0 Å². The van der Waals surface area contributed by atoms with Crippen LogP contribution in [0.5, 0.6) is 0 Å². The summed E-state index contributed by atoms with van der Waals surface area (Å²) in [5.74, 6) is 5.79. The van der Waals surface area contributed by atoms with Gasteiger partial charge >= 0.3 is 0 Å². The van der Waals surface area contributed by atoms with E-state index in [1.165, 1.54) is 11.9 Å². The summed E-state index contributed by atoms with van der Waals surface area (Å²) in [6, 6.07) is 9.29. The van der Waals surface area contributed by atoms with Crippen LogP contribution in [-0.4, -0.2) is 45.7 Å². The molecular formula is C19H21N5O4. The molecule has 2 aromatic heterocycles. The first-order chi connectivity index (χ1) is 13.5. The van der Waals surface area contributed by atoms with Crippen LogP contribution in [0.4, 0.5) is 5.69 Å². The molecule has 0 atom stereocenters. The Bertz CT molecular complexity index is 1250. The summed E-state index contributed by atoms with van der Waals surface area (Å²) in [7, 11) is 0. The third-order valence-corrected chi connectivity index (χ3v) is 4.60. The zero-order chi connectivity index (χ0) is 19.8. The predicted octanol–water partition coefficient (Wildman–Crippen LogP) is 0.981. The summed E-state index contributed by atoms with van der Waals surface area (Å²) >= 11 is 0. The molecule has 4 aromatic rings. The second-order valence-corrected chi connectivity index (χ2v) is 6.48. The number of hydrogen-bond donors (Lipinski definition) is 4. The van der Waals surface area contributed by atoms with Gasteiger partial charge < -0.3 is 19.6 Å². The van der Waals surface area contributed by atoms with E-state index in [9.17, 15) is 15.0 Å². The monoisotopic (exact) mass is 383 g/mol. The summed E-state index contributed by atoms with van der Waals surface area (Å²) in [4.78, 5) is 15.8. The Hall–Kier alpha value is -3.14. The number of nitrogens with zero attached hydrogens (tertiary/aromatic N) is 3. The Kier molecular flexibility index (Phi) is 4.63. The molecular weight excluding hydrogens is 362 g/mol. The van der Waals surface area contributed by atoms with Crippen LogP contribution in [0.15, 0.2) is 39.7 Å². The highest BCUT2D eigenvalue weighted by molar-refractivity contribution is 6.18. The summed E-state index contributed by atoms with van der Waals surface area (Å²) in [6.07, 6.45) is 0. The van der Waals surface area contributed by atoms with E-state index in [0.717, 1.165) is 21.8 Å². The molecule has 0 aliphatic heterocycles. The van der Waals surface area contributed by atoms with Crippen LogP contribution in [0.25, 0.3) is 33.0 Å². The minimum absolute atomic E-state index is 0.0635. The highest BCUT2D eigenvalue weighted by Gasteiger charge is 2.21. The van der Waals surface area contributed by atoms with Crippen LogP contribution < -0.4 is 16.2 Å². The maximum atomic E-state index is 11.7. The van der Waals surface area contributed by atoms with Gasteiger partial charge in [-0.2, -0.15) is 0 Å². The van der Waals surface area contributed by atoms with Crippen molar-refractivity contribution in [3.05, 3.63) is 35.7 Å². The minimum Gasteiger partial charge on any atom is -0.454 e. The van der Waals surface area contributed by atoms with E-state index in [1.807, 2.05) is 24.3 Å². The second-order valence-electron chi connectivity index (χ2n) is 6.48. The van der Waals surface area contributed by atoms with Crippen molar-refractivity contribution in [2.45, 2.75) is 13.5 Å². The van der Waals surface area contributed by atoms with E-state index in [-0.39, 0.29) is 25.7 Å². The van der Waals surface area contributed by atoms with Gasteiger partial charge in [0.05, 0.1) is 48.1 Å². The quantitative estimate of drug-likeness (QED) is 0.231. The van der Waals surface area contributed by atoms with Crippen LogP contribution in [0, 0.1) is 0 Å². The fraction of sp³-hybridized carbons (Fsp3) is 0.263. The molecule has 2 heterocycles. The molecule has 9 heteroatoms. The van der Waals surface area contributed by atoms with E-state index in [2.05, 4.69) is 10.1 Å². The van der Waals surface area contributed by atoms with Crippen LogP contribution in [0.2, 0.25) is 0 Å². The van der Waals surface area contributed by atoms with Crippen molar-refractivity contribution in [2.75, 3.05) is 24.8 Å². The summed E-state index contributed by atoms with van der Waals surface area (Å²) in [6.45, 7) is 1.59. The van der Waals surface area contributed by atoms with E-state index >= 15 is 0 Å². The molecule has 0 bridgehead atoms. The minimum atomic E-state index is -0.383. The highest BCUT2D eigenvalue weighted by Crippen LogP contribution is 2.36. The normalized spacial score (nSPS) is 12.5. The lowest BCUT2D eigenvalue weighted by atomic mass is 10.1. The van der Waals surface area contributed by atoms with E-state index < -0.39 is 0 Å². The van der Waals surface area contributed by atoms with Crippen molar-refractivity contribution < 1.29 is 19.4 Å². The van der Waals surface area contributed by atoms with E-state index in [4.69, 9.17) is 10.3 Å². The molecule has 146 valence electrons. The predicted molar refractivity (Wildman–Crippen MR) is 106 cm³/mol. The second kappa shape index (κ2) is 7.12. The number of anilines is 1. The fourth-order valence-corrected chi connectivity index (χ4v) is 3.52. The van der Waals surface area contributed by atoms with Gasteiger partial charge in [0.15, 0.2) is 5.58 Å². The smallest absolute Gasteiger partial charge is 0.243 e. The molecule has 4 rings (SSSR count). The zero-order valence-electron chi connectivity index (χ0n) is 15.3. The number of H-pyrrole nitrogens is 1. The molecule has 9 nitrogen and oxygen atoms in total. The SMILES string of the molecule is CC(=O)N=c1cc2c3c(oc4ccccc4c3[nH]n2CCO)c1N(N)CCO. The first kappa shape index (κ1) is 18.2.